The summed E-state index contributed by atoms with van der Waals surface area (Å²) in [5.74, 6) is -1.06. The summed E-state index contributed by atoms with van der Waals surface area (Å²) in [5.41, 5.74) is 0. The Bertz CT molecular complexity index is 720. The maximum Gasteiger partial charge on any atom is 0.241 e. The summed E-state index contributed by atoms with van der Waals surface area (Å²) >= 11 is 1.49. The summed E-state index contributed by atoms with van der Waals surface area (Å²) in [4.78, 5) is 16.7. The molecule has 0 spiro atoms. The molecule has 2 rings (SSSR count). The SMILES string of the molecule is CC(C)c1noc(CS(=O)(=O)CC(=O)NCc2cccs2)n1. The van der Waals surface area contributed by atoms with E-state index < -0.39 is 27.3 Å². The Morgan fingerprint density at radius 2 is 2.23 bits per heavy atom. The zero-order valence-electron chi connectivity index (χ0n) is 12.3. The highest BCUT2D eigenvalue weighted by atomic mass is 32.2. The lowest BCUT2D eigenvalue weighted by molar-refractivity contribution is -0.118. The van der Waals surface area contributed by atoms with Crippen LogP contribution in [0.15, 0.2) is 22.0 Å². The predicted molar refractivity (Wildman–Crippen MR) is 82.0 cm³/mol. The first kappa shape index (κ1) is 16.6. The van der Waals surface area contributed by atoms with Gasteiger partial charge in [0.05, 0.1) is 6.54 Å². The van der Waals surface area contributed by atoms with E-state index in [2.05, 4.69) is 15.5 Å². The minimum atomic E-state index is -3.64. The van der Waals surface area contributed by atoms with Gasteiger partial charge in [0.25, 0.3) is 0 Å². The van der Waals surface area contributed by atoms with Gasteiger partial charge in [-0.2, -0.15) is 4.98 Å². The van der Waals surface area contributed by atoms with E-state index in [0.717, 1.165) is 4.88 Å². The van der Waals surface area contributed by atoms with Gasteiger partial charge in [0.1, 0.15) is 11.5 Å². The molecule has 2 aromatic rings. The lowest BCUT2D eigenvalue weighted by Crippen LogP contribution is -2.30. The van der Waals surface area contributed by atoms with Crippen LogP contribution in [0.2, 0.25) is 0 Å². The molecule has 0 aliphatic carbocycles. The molecule has 120 valence electrons. The quantitative estimate of drug-likeness (QED) is 0.817. The Morgan fingerprint density at radius 1 is 1.45 bits per heavy atom. The second-order valence-electron chi connectivity index (χ2n) is 5.09. The topological polar surface area (TPSA) is 102 Å². The number of amides is 1. The molecule has 2 aromatic heterocycles. The van der Waals surface area contributed by atoms with Crippen LogP contribution < -0.4 is 5.32 Å². The normalized spacial score (nSPS) is 11.8. The van der Waals surface area contributed by atoms with E-state index in [1.165, 1.54) is 11.3 Å². The predicted octanol–water partition coefficient (Wildman–Crippen LogP) is 1.49. The van der Waals surface area contributed by atoms with Crippen LogP contribution in [-0.4, -0.2) is 30.2 Å². The molecule has 0 bridgehead atoms. The van der Waals surface area contributed by atoms with E-state index in [9.17, 15) is 13.2 Å². The second kappa shape index (κ2) is 7.01. The minimum Gasteiger partial charge on any atom is -0.350 e. The smallest absolute Gasteiger partial charge is 0.241 e. The van der Waals surface area contributed by atoms with Gasteiger partial charge in [-0.15, -0.1) is 11.3 Å². The van der Waals surface area contributed by atoms with E-state index in [0.29, 0.717) is 12.4 Å². The Kier molecular flexibility index (Phi) is 5.30. The van der Waals surface area contributed by atoms with Crippen molar-refractivity contribution in [2.24, 2.45) is 0 Å². The van der Waals surface area contributed by atoms with Gasteiger partial charge >= 0.3 is 0 Å². The highest BCUT2D eigenvalue weighted by Crippen LogP contribution is 2.12. The molecule has 1 amide bonds. The van der Waals surface area contributed by atoms with Gasteiger partial charge in [-0.25, -0.2) is 8.42 Å². The molecule has 0 aliphatic rings. The van der Waals surface area contributed by atoms with Gasteiger partial charge in [0, 0.05) is 10.8 Å². The Morgan fingerprint density at radius 3 is 2.82 bits per heavy atom. The van der Waals surface area contributed by atoms with Crippen LogP contribution in [0.1, 0.15) is 36.4 Å². The van der Waals surface area contributed by atoms with E-state index in [-0.39, 0.29) is 11.8 Å². The average molecular weight is 343 g/mol. The maximum absolute atomic E-state index is 12.0. The summed E-state index contributed by atoms with van der Waals surface area (Å²) in [5, 5.41) is 8.16. The fourth-order valence-electron chi connectivity index (χ4n) is 1.65. The largest absolute Gasteiger partial charge is 0.350 e. The molecule has 0 aromatic carbocycles. The monoisotopic (exact) mass is 343 g/mol. The fraction of sp³-hybridized carbons (Fsp3) is 0.462. The van der Waals surface area contributed by atoms with Crippen molar-refractivity contribution >= 4 is 27.1 Å². The van der Waals surface area contributed by atoms with Crippen LogP contribution in [0.4, 0.5) is 0 Å². The van der Waals surface area contributed by atoms with Crippen LogP contribution in [-0.2, 0) is 26.9 Å². The van der Waals surface area contributed by atoms with Gasteiger partial charge in [0.2, 0.25) is 11.8 Å². The van der Waals surface area contributed by atoms with Crippen LogP contribution >= 0.6 is 11.3 Å². The standard InChI is InChI=1S/C13H17N3O4S2/c1-9(2)13-15-12(20-16-13)8-22(18,19)7-11(17)14-6-10-4-3-5-21-10/h3-5,9H,6-8H2,1-2H3,(H,14,17). The van der Waals surface area contributed by atoms with Crippen molar-refractivity contribution in [1.29, 1.82) is 0 Å². The number of rotatable bonds is 7. The number of nitrogens with zero attached hydrogens (tertiary/aromatic N) is 2. The average Bonchev–Trinajstić information content (AvgIpc) is 3.06. The molecule has 0 radical (unpaired) electrons. The summed E-state index contributed by atoms with van der Waals surface area (Å²) < 4.78 is 28.8. The molecule has 2 heterocycles. The maximum atomic E-state index is 12.0. The van der Waals surface area contributed by atoms with Crippen LogP contribution in [0, 0.1) is 0 Å². The third kappa shape index (κ3) is 4.92. The highest BCUT2D eigenvalue weighted by Gasteiger charge is 2.21. The van der Waals surface area contributed by atoms with Crippen LogP contribution in [0.25, 0.3) is 0 Å². The van der Waals surface area contributed by atoms with Crippen molar-refractivity contribution < 1.29 is 17.7 Å². The molecular formula is C13H17N3O4S2. The summed E-state index contributed by atoms with van der Waals surface area (Å²) in [6, 6.07) is 3.73. The Balaban J connectivity index is 1.88. The van der Waals surface area contributed by atoms with Gasteiger partial charge in [-0.05, 0) is 11.4 Å². The minimum absolute atomic E-state index is 0.00903. The third-order valence-electron chi connectivity index (χ3n) is 2.73. The van der Waals surface area contributed by atoms with Crippen LogP contribution in [0.3, 0.4) is 0 Å². The molecule has 0 fully saturated rings. The molecule has 1 N–H and O–H groups in total. The van der Waals surface area contributed by atoms with Crippen molar-refractivity contribution in [3.8, 4) is 0 Å². The number of aromatic nitrogens is 2. The number of nitrogens with one attached hydrogen (secondary N) is 1. The molecular weight excluding hydrogens is 326 g/mol. The summed E-state index contributed by atoms with van der Waals surface area (Å²) in [7, 11) is -3.64. The van der Waals surface area contributed by atoms with Crippen molar-refractivity contribution in [3.05, 3.63) is 34.1 Å². The second-order valence-corrected chi connectivity index (χ2v) is 8.19. The molecule has 0 aliphatic heterocycles. The summed E-state index contributed by atoms with van der Waals surface area (Å²) in [6.07, 6.45) is 0. The van der Waals surface area contributed by atoms with Gasteiger partial charge in [-0.3, -0.25) is 4.79 Å². The number of hydrogen-bond donors (Lipinski definition) is 1. The van der Waals surface area contributed by atoms with Gasteiger partial charge in [-0.1, -0.05) is 25.1 Å². The number of carbonyl (C=O) groups excluding carboxylic acids is 1. The molecule has 0 atom stereocenters. The van der Waals surface area contributed by atoms with E-state index in [4.69, 9.17) is 4.52 Å². The molecule has 0 unspecified atom stereocenters. The van der Waals surface area contributed by atoms with Crippen molar-refractivity contribution in [1.82, 2.24) is 15.5 Å². The summed E-state index contributed by atoms with van der Waals surface area (Å²) in [6.45, 7) is 4.08. The third-order valence-corrected chi connectivity index (χ3v) is 5.00. The Hall–Kier alpha value is -1.74. The van der Waals surface area contributed by atoms with Crippen molar-refractivity contribution in [2.45, 2.75) is 32.1 Å². The molecule has 0 saturated heterocycles. The highest BCUT2D eigenvalue weighted by molar-refractivity contribution is 7.91. The Labute approximate surface area is 132 Å². The zero-order valence-corrected chi connectivity index (χ0v) is 13.9. The van der Waals surface area contributed by atoms with Crippen LogP contribution in [0.5, 0.6) is 0 Å². The lowest BCUT2D eigenvalue weighted by Gasteiger charge is -2.03. The van der Waals surface area contributed by atoms with Gasteiger partial charge < -0.3 is 9.84 Å². The molecule has 7 nitrogen and oxygen atoms in total. The molecule has 9 heteroatoms. The fourth-order valence-corrected chi connectivity index (χ4v) is 3.39. The number of carbonyl (C=O) groups is 1. The first-order valence-electron chi connectivity index (χ1n) is 6.68. The van der Waals surface area contributed by atoms with E-state index in [1.54, 1.807) is 0 Å². The number of hydrogen-bond acceptors (Lipinski definition) is 7. The number of thiophene rings is 1. The van der Waals surface area contributed by atoms with Gasteiger partial charge in [0.15, 0.2) is 15.7 Å². The van der Waals surface area contributed by atoms with E-state index in [1.807, 2.05) is 31.4 Å². The van der Waals surface area contributed by atoms with Crippen molar-refractivity contribution in [3.63, 3.8) is 0 Å². The molecule has 0 saturated carbocycles. The number of sulfone groups is 1. The van der Waals surface area contributed by atoms with E-state index >= 15 is 0 Å². The zero-order chi connectivity index (χ0) is 16.2. The van der Waals surface area contributed by atoms with Crippen molar-refractivity contribution in [2.75, 3.05) is 5.75 Å². The first-order valence-corrected chi connectivity index (χ1v) is 9.38. The lowest BCUT2D eigenvalue weighted by atomic mass is 10.2. The molecule has 22 heavy (non-hydrogen) atoms. The first-order chi connectivity index (χ1) is 10.4.